The number of hydrogen-bond donors (Lipinski definition) is 2. The summed E-state index contributed by atoms with van der Waals surface area (Å²) in [5.41, 5.74) is 0.0385. The fraction of sp³-hybridized carbons (Fsp3) is 0.458. The highest BCUT2D eigenvalue weighted by molar-refractivity contribution is 5.79. The zero-order valence-electron chi connectivity index (χ0n) is 18.1. The molecule has 0 radical (unpaired) electrons. The number of benzene rings is 2. The van der Waals surface area contributed by atoms with Crippen molar-refractivity contribution in [3.05, 3.63) is 59.2 Å². The number of carbonyl (C=O) groups excluding carboxylic acids is 1. The van der Waals surface area contributed by atoms with E-state index in [9.17, 15) is 23.1 Å². The van der Waals surface area contributed by atoms with Gasteiger partial charge in [0.05, 0.1) is 18.0 Å². The summed E-state index contributed by atoms with van der Waals surface area (Å²) in [5, 5.41) is 14.0. The van der Waals surface area contributed by atoms with Crippen LogP contribution in [0.25, 0.3) is 0 Å². The molecule has 2 atom stereocenters. The molecule has 2 N–H and O–H groups in total. The van der Waals surface area contributed by atoms with E-state index in [1.807, 2.05) is 0 Å². The Hall–Kier alpha value is -2.78. The third-order valence-electron chi connectivity index (χ3n) is 5.91. The van der Waals surface area contributed by atoms with Gasteiger partial charge in [-0.25, -0.2) is 0 Å². The molecule has 4 rings (SSSR count). The minimum atomic E-state index is -4.47. The van der Waals surface area contributed by atoms with Crippen molar-refractivity contribution in [3.8, 4) is 11.5 Å². The Balaban J connectivity index is 1.49. The maximum atomic E-state index is 13.0. The third-order valence-corrected chi connectivity index (χ3v) is 5.91. The van der Waals surface area contributed by atoms with Crippen molar-refractivity contribution in [2.45, 2.75) is 37.6 Å². The van der Waals surface area contributed by atoms with Crippen molar-refractivity contribution in [1.82, 2.24) is 10.2 Å². The topological polar surface area (TPSA) is 71.0 Å². The lowest BCUT2D eigenvalue weighted by atomic mass is 10.00. The Morgan fingerprint density at radius 3 is 2.52 bits per heavy atom. The Labute approximate surface area is 190 Å². The van der Waals surface area contributed by atoms with Gasteiger partial charge in [0.2, 0.25) is 5.91 Å². The summed E-state index contributed by atoms with van der Waals surface area (Å²) in [6.07, 6.45) is -3.62. The molecule has 0 saturated carbocycles. The van der Waals surface area contributed by atoms with Crippen LogP contribution >= 0.6 is 0 Å². The molecule has 6 nitrogen and oxygen atoms in total. The minimum absolute atomic E-state index is 0.214. The lowest BCUT2D eigenvalue weighted by Gasteiger charge is -2.29. The summed E-state index contributed by atoms with van der Waals surface area (Å²) in [7, 11) is 0. The van der Waals surface area contributed by atoms with Gasteiger partial charge in [-0.15, -0.1) is 0 Å². The van der Waals surface area contributed by atoms with E-state index in [1.165, 1.54) is 12.1 Å². The van der Waals surface area contributed by atoms with Crippen LogP contribution in [-0.2, 0) is 17.4 Å². The third kappa shape index (κ3) is 5.97. The van der Waals surface area contributed by atoms with Gasteiger partial charge in [0.15, 0.2) is 11.5 Å². The van der Waals surface area contributed by atoms with Gasteiger partial charge in [0, 0.05) is 6.54 Å². The zero-order valence-corrected chi connectivity index (χ0v) is 18.1. The average Bonchev–Trinajstić information content (AvgIpc) is 3.30. The Kier molecular flexibility index (Phi) is 7.09. The summed E-state index contributed by atoms with van der Waals surface area (Å²) in [6, 6.07) is 9.26. The Bertz CT molecular complexity index is 976. The van der Waals surface area contributed by atoms with Crippen molar-refractivity contribution in [3.63, 3.8) is 0 Å². The molecule has 0 aromatic heterocycles. The molecule has 1 amide bonds. The Morgan fingerprint density at radius 2 is 1.79 bits per heavy atom. The van der Waals surface area contributed by atoms with Gasteiger partial charge in [0.25, 0.3) is 0 Å². The Morgan fingerprint density at radius 1 is 1.06 bits per heavy atom. The monoisotopic (exact) mass is 464 g/mol. The molecule has 2 aliphatic rings. The lowest BCUT2D eigenvalue weighted by Crippen LogP contribution is -2.47. The number of likely N-dealkylation sites (tertiary alicyclic amines) is 1. The molecule has 0 unspecified atom stereocenters. The number of ether oxygens (including phenoxy) is 2. The standard InChI is InChI=1S/C24H27F3N2O4/c25-24(26,27)18-5-3-4-16(12-18)13-22(30)28-19(15-29-8-1-2-9-29)23(31)17-6-7-20-21(14-17)33-11-10-32-20/h3-7,12,14,19,23,31H,1-2,8-11,13,15H2,(H,28,30)/t19-,23-/m1/s1. The normalized spacial score (nSPS) is 18.1. The van der Waals surface area contributed by atoms with Crippen molar-refractivity contribution in [2.24, 2.45) is 0 Å². The second-order valence-electron chi connectivity index (χ2n) is 8.40. The summed E-state index contributed by atoms with van der Waals surface area (Å²) >= 11 is 0. The largest absolute Gasteiger partial charge is 0.486 e. The van der Waals surface area contributed by atoms with Crippen molar-refractivity contribution < 1.29 is 32.5 Å². The molecule has 2 aromatic rings. The molecular weight excluding hydrogens is 437 g/mol. The van der Waals surface area contributed by atoms with Crippen LogP contribution in [0.1, 0.15) is 35.6 Å². The predicted octanol–water partition coefficient (Wildman–Crippen LogP) is 3.33. The highest BCUT2D eigenvalue weighted by Crippen LogP contribution is 2.34. The van der Waals surface area contributed by atoms with Gasteiger partial charge in [-0.3, -0.25) is 4.79 Å². The highest BCUT2D eigenvalue weighted by atomic mass is 19.4. The van der Waals surface area contributed by atoms with Gasteiger partial charge in [-0.2, -0.15) is 13.2 Å². The molecule has 1 saturated heterocycles. The number of alkyl halides is 3. The molecule has 0 bridgehead atoms. The second-order valence-corrected chi connectivity index (χ2v) is 8.40. The average molecular weight is 464 g/mol. The van der Waals surface area contributed by atoms with E-state index in [0.717, 1.165) is 38.1 Å². The number of nitrogens with one attached hydrogen (secondary N) is 1. The molecule has 0 spiro atoms. The SMILES string of the molecule is O=C(Cc1cccc(C(F)(F)F)c1)N[C@H](CN1CCCC1)[C@H](O)c1ccc2c(c1)OCCO2. The first-order valence-electron chi connectivity index (χ1n) is 11.0. The van der Waals surface area contributed by atoms with Crippen LogP contribution in [-0.4, -0.2) is 54.8 Å². The van der Waals surface area contributed by atoms with Crippen LogP contribution < -0.4 is 14.8 Å². The van der Waals surface area contributed by atoms with Crippen molar-refractivity contribution in [2.75, 3.05) is 32.8 Å². The molecule has 178 valence electrons. The van der Waals surface area contributed by atoms with Gasteiger partial charge < -0.3 is 24.8 Å². The number of halogens is 3. The van der Waals surface area contributed by atoms with E-state index in [-0.39, 0.29) is 12.0 Å². The first-order chi connectivity index (χ1) is 15.8. The number of rotatable bonds is 7. The van der Waals surface area contributed by atoms with E-state index in [1.54, 1.807) is 18.2 Å². The van der Waals surface area contributed by atoms with Gasteiger partial charge in [-0.05, 0) is 55.3 Å². The first-order valence-corrected chi connectivity index (χ1v) is 11.0. The van der Waals surface area contributed by atoms with E-state index >= 15 is 0 Å². The van der Waals surface area contributed by atoms with Crippen molar-refractivity contribution >= 4 is 5.91 Å². The fourth-order valence-electron chi connectivity index (χ4n) is 4.24. The lowest BCUT2D eigenvalue weighted by molar-refractivity contribution is -0.137. The summed E-state index contributed by atoms with van der Waals surface area (Å²) in [4.78, 5) is 14.9. The quantitative estimate of drug-likeness (QED) is 0.658. The summed E-state index contributed by atoms with van der Waals surface area (Å²) in [6.45, 7) is 3.04. The smallest absolute Gasteiger partial charge is 0.416 e. The number of nitrogens with zero attached hydrogens (tertiary/aromatic N) is 1. The molecule has 9 heteroatoms. The van der Waals surface area contributed by atoms with E-state index < -0.39 is 29.8 Å². The van der Waals surface area contributed by atoms with Crippen LogP contribution in [0.5, 0.6) is 11.5 Å². The molecule has 33 heavy (non-hydrogen) atoms. The first kappa shape index (κ1) is 23.4. The number of aliphatic hydroxyl groups is 1. The van der Waals surface area contributed by atoms with Gasteiger partial charge in [-0.1, -0.05) is 24.3 Å². The summed E-state index contributed by atoms with van der Waals surface area (Å²) in [5.74, 6) is 0.685. The van der Waals surface area contributed by atoms with E-state index in [0.29, 0.717) is 36.8 Å². The van der Waals surface area contributed by atoms with Crippen molar-refractivity contribution in [1.29, 1.82) is 0 Å². The predicted molar refractivity (Wildman–Crippen MR) is 115 cm³/mol. The van der Waals surface area contributed by atoms with Crippen LogP contribution in [0.3, 0.4) is 0 Å². The number of aliphatic hydroxyl groups excluding tert-OH is 1. The maximum absolute atomic E-state index is 13.0. The second kappa shape index (κ2) is 10.0. The number of amides is 1. The summed E-state index contributed by atoms with van der Waals surface area (Å²) < 4.78 is 50.1. The number of carbonyl (C=O) groups is 1. The fourth-order valence-corrected chi connectivity index (χ4v) is 4.24. The minimum Gasteiger partial charge on any atom is -0.486 e. The number of fused-ring (bicyclic) bond motifs is 1. The molecule has 2 aliphatic heterocycles. The van der Waals surface area contributed by atoms with E-state index in [2.05, 4.69) is 10.2 Å². The molecular formula is C24H27F3N2O4. The van der Waals surface area contributed by atoms with Crippen LogP contribution in [0.2, 0.25) is 0 Å². The zero-order chi connectivity index (χ0) is 23.4. The maximum Gasteiger partial charge on any atom is 0.416 e. The van der Waals surface area contributed by atoms with Crippen LogP contribution in [0.15, 0.2) is 42.5 Å². The van der Waals surface area contributed by atoms with E-state index in [4.69, 9.17) is 9.47 Å². The van der Waals surface area contributed by atoms with Crippen LogP contribution in [0, 0.1) is 0 Å². The number of hydrogen-bond acceptors (Lipinski definition) is 5. The highest BCUT2D eigenvalue weighted by Gasteiger charge is 2.31. The molecule has 0 aliphatic carbocycles. The molecule has 2 aromatic carbocycles. The molecule has 2 heterocycles. The van der Waals surface area contributed by atoms with Gasteiger partial charge in [0.1, 0.15) is 19.3 Å². The molecule has 1 fully saturated rings. The van der Waals surface area contributed by atoms with Crippen LogP contribution in [0.4, 0.5) is 13.2 Å². The van der Waals surface area contributed by atoms with Gasteiger partial charge >= 0.3 is 6.18 Å².